The number of hydrogen-bond donors (Lipinski definition) is 1. The lowest BCUT2D eigenvalue weighted by molar-refractivity contribution is 1.35. The lowest BCUT2D eigenvalue weighted by atomic mass is 10.2. The normalized spacial score (nSPS) is 11.7. The summed E-state index contributed by atoms with van der Waals surface area (Å²) in [5, 5.41) is 2.52. The molecule has 0 unspecified atom stereocenters. The van der Waals surface area contributed by atoms with E-state index in [1.54, 1.807) is 0 Å². The summed E-state index contributed by atoms with van der Waals surface area (Å²) in [6.45, 7) is 0. The van der Waals surface area contributed by atoms with E-state index in [9.17, 15) is 0 Å². The minimum absolute atomic E-state index is 0.0108. The molecule has 2 heteroatoms. The minimum Gasteiger partial charge on any atom is -0.264 e. The smallest absolute Gasteiger partial charge is 0.0346 e. The number of thiol groups is 1. The second kappa shape index (κ2) is 3.38. The summed E-state index contributed by atoms with van der Waals surface area (Å²) in [7, 11) is 0.0108. The first-order chi connectivity index (χ1) is 6.27. The first-order valence-electron chi connectivity index (χ1n) is 4.28. The monoisotopic (exact) mass is 191 g/mol. The van der Waals surface area contributed by atoms with Gasteiger partial charge in [-0.25, -0.2) is 10.9 Å². The van der Waals surface area contributed by atoms with Gasteiger partial charge in [0.05, 0.1) is 0 Å². The molecule has 1 aromatic heterocycles. The lowest BCUT2D eigenvalue weighted by Gasteiger charge is -2.09. The number of aromatic nitrogens is 1. The summed E-state index contributed by atoms with van der Waals surface area (Å²) in [4.78, 5) is 5.55. The number of pyridine rings is 1. The van der Waals surface area contributed by atoms with E-state index in [0.717, 1.165) is 0 Å². The molecule has 1 heterocycles. The Morgan fingerprint density at radius 1 is 1.08 bits per heavy atom. The molecule has 0 aliphatic rings. The highest BCUT2D eigenvalue weighted by Gasteiger charge is 1.97. The Morgan fingerprint density at radius 2 is 1.92 bits per heavy atom. The van der Waals surface area contributed by atoms with Crippen molar-refractivity contribution in [3.63, 3.8) is 0 Å². The first kappa shape index (κ1) is 8.57. The van der Waals surface area contributed by atoms with E-state index in [1.165, 1.54) is 15.7 Å². The summed E-state index contributed by atoms with van der Waals surface area (Å²) in [5.74, 6) is 0. The molecule has 0 aliphatic carbocycles. The first-order valence-corrected chi connectivity index (χ1v) is 6.52. The number of nitrogens with zero attached hydrogens (tertiary/aromatic N) is 1. The number of fused-ring (bicyclic) bond motifs is 1. The van der Waals surface area contributed by atoms with Crippen LogP contribution in [0.15, 0.2) is 41.6 Å². The van der Waals surface area contributed by atoms with Gasteiger partial charge >= 0.3 is 0 Å². The van der Waals surface area contributed by atoms with Crippen LogP contribution in [-0.2, 0) is 0 Å². The molecule has 0 bridgehead atoms. The third kappa shape index (κ3) is 1.68. The standard InChI is InChI=1S/C11H13NS/c1-13(2)11-4-3-10-8-12-6-5-9(10)7-11/h3-8,13H,1-2H3. The molecular formula is C11H13NS. The maximum absolute atomic E-state index is 4.09. The van der Waals surface area contributed by atoms with Gasteiger partial charge < -0.3 is 0 Å². The maximum atomic E-state index is 4.09. The van der Waals surface area contributed by atoms with Crippen molar-refractivity contribution in [2.75, 3.05) is 12.5 Å². The predicted molar refractivity (Wildman–Crippen MR) is 60.8 cm³/mol. The van der Waals surface area contributed by atoms with Gasteiger partial charge in [0.2, 0.25) is 0 Å². The maximum Gasteiger partial charge on any atom is 0.0346 e. The van der Waals surface area contributed by atoms with Gasteiger partial charge in [0, 0.05) is 17.8 Å². The second-order valence-corrected chi connectivity index (χ2v) is 5.61. The molecule has 0 atom stereocenters. The Kier molecular flexibility index (Phi) is 2.23. The summed E-state index contributed by atoms with van der Waals surface area (Å²) in [5.41, 5.74) is 0. The van der Waals surface area contributed by atoms with Gasteiger partial charge in [0.25, 0.3) is 0 Å². The van der Waals surface area contributed by atoms with Gasteiger partial charge in [-0.05, 0) is 41.0 Å². The van der Waals surface area contributed by atoms with E-state index in [-0.39, 0.29) is 10.9 Å². The van der Waals surface area contributed by atoms with Crippen molar-refractivity contribution in [1.82, 2.24) is 4.98 Å². The van der Waals surface area contributed by atoms with Gasteiger partial charge in [0.1, 0.15) is 0 Å². The van der Waals surface area contributed by atoms with E-state index < -0.39 is 0 Å². The zero-order valence-corrected chi connectivity index (χ0v) is 8.75. The van der Waals surface area contributed by atoms with Crippen LogP contribution in [0, 0.1) is 0 Å². The third-order valence-corrected chi connectivity index (χ3v) is 3.45. The quantitative estimate of drug-likeness (QED) is 0.684. The van der Waals surface area contributed by atoms with E-state index in [2.05, 4.69) is 41.8 Å². The predicted octanol–water partition coefficient (Wildman–Crippen LogP) is 2.85. The highest BCUT2D eigenvalue weighted by atomic mass is 32.2. The van der Waals surface area contributed by atoms with Crippen LogP contribution in [0.1, 0.15) is 0 Å². The zero-order chi connectivity index (χ0) is 9.26. The van der Waals surface area contributed by atoms with Crippen molar-refractivity contribution in [2.24, 2.45) is 0 Å². The van der Waals surface area contributed by atoms with E-state index in [0.29, 0.717) is 0 Å². The fraction of sp³-hybridized carbons (Fsp3) is 0.182. The van der Waals surface area contributed by atoms with E-state index >= 15 is 0 Å². The summed E-state index contributed by atoms with van der Waals surface area (Å²) < 4.78 is 0. The van der Waals surface area contributed by atoms with Crippen molar-refractivity contribution < 1.29 is 0 Å². The highest BCUT2D eigenvalue weighted by Crippen LogP contribution is 2.30. The van der Waals surface area contributed by atoms with Crippen molar-refractivity contribution in [2.45, 2.75) is 4.90 Å². The fourth-order valence-electron chi connectivity index (χ4n) is 1.35. The Balaban J connectivity index is 2.62. The molecule has 0 aliphatic heterocycles. The topological polar surface area (TPSA) is 12.9 Å². The van der Waals surface area contributed by atoms with Gasteiger partial charge in [-0.2, -0.15) is 0 Å². The van der Waals surface area contributed by atoms with Gasteiger partial charge in [-0.3, -0.25) is 4.98 Å². The van der Waals surface area contributed by atoms with Crippen LogP contribution in [-0.4, -0.2) is 17.5 Å². The van der Waals surface area contributed by atoms with Gasteiger partial charge in [-0.1, -0.05) is 6.07 Å². The van der Waals surface area contributed by atoms with Crippen molar-refractivity contribution in [1.29, 1.82) is 0 Å². The van der Waals surface area contributed by atoms with Crippen LogP contribution in [0.2, 0.25) is 0 Å². The van der Waals surface area contributed by atoms with Crippen LogP contribution in [0.4, 0.5) is 0 Å². The Morgan fingerprint density at radius 3 is 2.69 bits per heavy atom. The van der Waals surface area contributed by atoms with Crippen molar-refractivity contribution >= 4 is 21.7 Å². The van der Waals surface area contributed by atoms with Crippen LogP contribution >= 0.6 is 10.9 Å². The Bertz CT molecular complexity index is 423. The molecule has 2 aromatic rings. The molecule has 0 spiro atoms. The van der Waals surface area contributed by atoms with E-state index in [4.69, 9.17) is 0 Å². The van der Waals surface area contributed by atoms with Gasteiger partial charge in [0.15, 0.2) is 0 Å². The van der Waals surface area contributed by atoms with Gasteiger partial charge in [-0.15, -0.1) is 0 Å². The van der Waals surface area contributed by atoms with Crippen molar-refractivity contribution in [3.05, 3.63) is 36.7 Å². The molecular weight excluding hydrogens is 178 g/mol. The third-order valence-electron chi connectivity index (χ3n) is 2.14. The average molecular weight is 191 g/mol. The number of hydrogen-bond acceptors (Lipinski definition) is 1. The molecule has 68 valence electrons. The molecule has 0 amide bonds. The van der Waals surface area contributed by atoms with Crippen LogP contribution in [0.3, 0.4) is 0 Å². The molecule has 2 rings (SSSR count). The Labute approximate surface area is 81.2 Å². The van der Waals surface area contributed by atoms with Crippen molar-refractivity contribution in [3.8, 4) is 0 Å². The summed E-state index contributed by atoms with van der Waals surface area (Å²) in [6, 6.07) is 8.69. The molecule has 1 aromatic carbocycles. The fourth-order valence-corrected chi connectivity index (χ4v) is 2.12. The van der Waals surface area contributed by atoms with E-state index in [1.807, 2.05) is 12.4 Å². The average Bonchev–Trinajstić information content (AvgIpc) is 2.17. The summed E-state index contributed by atoms with van der Waals surface area (Å²) in [6.07, 6.45) is 8.31. The lowest BCUT2D eigenvalue weighted by Crippen LogP contribution is -1.80. The second-order valence-electron chi connectivity index (χ2n) is 3.30. The Hall–Kier alpha value is -1.02. The molecule has 1 nitrogen and oxygen atoms in total. The molecule has 0 saturated carbocycles. The highest BCUT2D eigenvalue weighted by molar-refractivity contribution is 8.15. The summed E-state index contributed by atoms with van der Waals surface area (Å²) >= 11 is 0. The molecule has 0 saturated heterocycles. The van der Waals surface area contributed by atoms with Crippen LogP contribution in [0.25, 0.3) is 10.8 Å². The SMILES string of the molecule is C[SH](C)c1ccc2cnccc2c1. The molecule has 0 N–H and O–H groups in total. The largest absolute Gasteiger partial charge is 0.264 e. The molecule has 13 heavy (non-hydrogen) atoms. The minimum atomic E-state index is 0.0108. The zero-order valence-electron chi connectivity index (χ0n) is 7.86. The molecule has 0 fully saturated rings. The van der Waals surface area contributed by atoms with Crippen LogP contribution < -0.4 is 0 Å². The number of benzene rings is 1. The number of rotatable bonds is 1. The van der Waals surface area contributed by atoms with Crippen LogP contribution in [0.5, 0.6) is 0 Å². The molecule has 0 radical (unpaired) electrons.